The Hall–Kier alpha value is -0.120. The van der Waals surface area contributed by atoms with Crippen molar-refractivity contribution in [2.24, 2.45) is 5.92 Å². The maximum atomic E-state index is 5.72. The third-order valence-corrected chi connectivity index (χ3v) is 4.92. The fraction of sp³-hybridized carbons (Fsp3) is 1.00. The first-order valence-corrected chi connectivity index (χ1v) is 7.87. The lowest BCUT2D eigenvalue weighted by Gasteiger charge is -2.50. The summed E-state index contributed by atoms with van der Waals surface area (Å²) in [6, 6.07) is 0.782. The smallest absolute Gasteiger partial charge is 0.0777 e. The van der Waals surface area contributed by atoms with Gasteiger partial charge in [-0.2, -0.15) is 0 Å². The Morgan fingerprint density at radius 2 is 2.05 bits per heavy atom. The molecule has 2 fully saturated rings. The molecule has 0 aromatic carbocycles. The molecule has 0 amide bonds. The number of piperidine rings is 1. The van der Waals surface area contributed by atoms with Crippen LogP contribution in [0, 0.1) is 5.92 Å². The average Bonchev–Trinajstić information content (AvgIpc) is 2.26. The number of ether oxygens (including phenoxy) is 1. The highest BCUT2D eigenvalue weighted by Gasteiger charge is 2.40. The highest BCUT2D eigenvalue weighted by atomic mass is 16.5. The third kappa shape index (κ3) is 3.93. The Morgan fingerprint density at radius 3 is 2.58 bits per heavy atom. The summed E-state index contributed by atoms with van der Waals surface area (Å²) in [4.78, 5) is 2.69. The summed E-state index contributed by atoms with van der Waals surface area (Å²) in [6.45, 7) is 12.6. The van der Waals surface area contributed by atoms with Crippen molar-refractivity contribution >= 4 is 0 Å². The molecule has 0 radical (unpaired) electrons. The molecule has 3 unspecified atom stereocenters. The summed E-state index contributed by atoms with van der Waals surface area (Å²) < 4.78 is 5.72. The molecule has 1 saturated carbocycles. The van der Waals surface area contributed by atoms with Crippen LogP contribution in [0.4, 0.5) is 0 Å². The Labute approximate surface area is 119 Å². The first-order chi connectivity index (χ1) is 8.83. The van der Waals surface area contributed by atoms with E-state index in [1.807, 2.05) is 7.11 Å². The number of nitrogens with one attached hydrogen (secondary N) is 1. The van der Waals surface area contributed by atoms with Crippen molar-refractivity contribution in [2.45, 2.75) is 70.6 Å². The van der Waals surface area contributed by atoms with Gasteiger partial charge in [-0.3, -0.25) is 4.90 Å². The van der Waals surface area contributed by atoms with E-state index in [0.29, 0.717) is 0 Å². The molecule has 0 aromatic rings. The molecule has 2 aliphatic rings. The van der Waals surface area contributed by atoms with Crippen LogP contribution in [0.3, 0.4) is 0 Å². The molecule has 3 nitrogen and oxygen atoms in total. The van der Waals surface area contributed by atoms with Gasteiger partial charge in [0, 0.05) is 25.2 Å². The predicted molar refractivity (Wildman–Crippen MR) is 80.5 cm³/mol. The van der Waals surface area contributed by atoms with Gasteiger partial charge in [0.25, 0.3) is 0 Å². The summed E-state index contributed by atoms with van der Waals surface area (Å²) >= 11 is 0. The van der Waals surface area contributed by atoms with E-state index in [1.54, 1.807) is 0 Å². The lowest BCUT2D eigenvalue weighted by atomic mass is 9.76. The molecule has 19 heavy (non-hydrogen) atoms. The normalized spacial score (nSPS) is 37.1. The van der Waals surface area contributed by atoms with Crippen molar-refractivity contribution in [1.82, 2.24) is 10.2 Å². The molecule has 1 aliphatic carbocycles. The Bertz CT molecular complexity index is 300. The molecule has 112 valence electrons. The van der Waals surface area contributed by atoms with Crippen molar-refractivity contribution in [3.8, 4) is 0 Å². The van der Waals surface area contributed by atoms with Crippen molar-refractivity contribution < 1.29 is 4.74 Å². The molecule has 0 bridgehead atoms. The predicted octanol–water partition coefficient (Wildman–Crippen LogP) is 2.65. The minimum atomic E-state index is 0.0792. The number of hydrogen-bond donors (Lipinski definition) is 1. The molecule has 1 saturated heterocycles. The Balaban J connectivity index is 1.85. The minimum absolute atomic E-state index is 0.0792. The van der Waals surface area contributed by atoms with E-state index in [2.05, 4.69) is 37.9 Å². The highest BCUT2D eigenvalue weighted by molar-refractivity contribution is 4.96. The van der Waals surface area contributed by atoms with Crippen molar-refractivity contribution in [3.05, 3.63) is 0 Å². The number of rotatable bonds is 4. The van der Waals surface area contributed by atoms with Gasteiger partial charge in [0.1, 0.15) is 0 Å². The molecule has 0 aromatic heterocycles. The van der Waals surface area contributed by atoms with E-state index in [1.165, 1.54) is 32.2 Å². The van der Waals surface area contributed by atoms with Crippen molar-refractivity contribution in [1.29, 1.82) is 0 Å². The van der Waals surface area contributed by atoms with Crippen LogP contribution < -0.4 is 5.32 Å². The summed E-state index contributed by atoms with van der Waals surface area (Å²) in [7, 11) is 1.86. The van der Waals surface area contributed by atoms with Crippen LogP contribution in [0.1, 0.15) is 53.4 Å². The zero-order valence-corrected chi connectivity index (χ0v) is 13.5. The van der Waals surface area contributed by atoms with Crippen LogP contribution in [0.25, 0.3) is 0 Å². The fourth-order valence-corrected chi connectivity index (χ4v) is 3.40. The second-order valence-corrected chi connectivity index (χ2v) is 7.76. The van der Waals surface area contributed by atoms with E-state index >= 15 is 0 Å². The van der Waals surface area contributed by atoms with Crippen LogP contribution >= 0.6 is 0 Å². The largest absolute Gasteiger partial charge is 0.377 e. The van der Waals surface area contributed by atoms with Crippen molar-refractivity contribution in [3.63, 3.8) is 0 Å². The van der Waals surface area contributed by atoms with Gasteiger partial charge in [-0.15, -0.1) is 0 Å². The Morgan fingerprint density at radius 1 is 1.32 bits per heavy atom. The van der Waals surface area contributed by atoms with E-state index in [9.17, 15) is 0 Å². The molecule has 1 N–H and O–H groups in total. The standard InChI is InChI=1S/C16H32N2O/c1-15(2,3)17-11-13-7-8-14(13)18-10-6-9-16(4,12-18)19-5/h13-14,17H,6-12H2,1-5H3. The molecule has 3 heteroatoms. The van der Waals surface area contributed by atoms with E-state index in [0.717, 1.165) is 25.0 Å². The number of likely N-dealkylation sites (tertiary alicyclic amines) is 1. The maximum absolute atomic E-state index is 5.72. The van der Waals surface area contributed by atoms with Gasteiger partial charge in [0.05, 0.1) is 5.60 Å². The monoisotopic (exact) mass is 268 g/mol. The summed E-state index contributed by atoms with van der Waals surface area (Å²) in [5.74, 6) is 0.832. The fourth-order valence-electron chi connectivity index (χ4n) is 3.40. The second kappa shape index (κ2) is 5.71. The van der Waals surface area contributed by atoms with Gasteiger partial charge in [-0.1, -0.05) is 0 Å². The average molecular weight is 268 g/mol. The lowest BCUT2D eigenvalue weighted by molar-refractivity contribution is -0.0809. The summed E-state index contributed by atoms with van der Waals surface area (Å²) in [5, 5.41) is 3.67. The first kappa shape index (κ1) is 15.3. The minimum Gasteiger partial charge on any atom is -0.377 e. The van der Waals surface area contributed by atoms with Gasteiger partial charge in [-0.25, -0.2) is 0 Å². The summed E-state index contributed by atoms with van der Waals surface area (Å²) in [5.41, 5.74) is 0.318. The van der Waals surface area contributed by atoms with Gasteiger partial charge < -0.3 is 10.1 Å². The molecule has 0 spiro atoms. The van der Waals surface area contributed by atoms with Crippen LogP contribution in [-0.4, -0.2) is 48.8 Å². The van der Waals surface area contributed by atoms with Crippen LogP contribution in [-0.2, 0) is 4.74 Å². The van der Waals surface area contributed by atoms with E-state index < -0.39 is 0 Å². The van der Waals surface area contributed by atoms with Crippen LogP contribution in [0.5, 0.6) is 0 Å². The third-order valence-electron chi connectivity index (χ3n) is 4.92. The zero-order valence-electron chi connectivity index (χ0n) is 13.5. The van der Waals surface area contributed by atoms with Gasteiger partial charge in [-0.05, 0) is 72.4 Å². The number of nitrogens with zero attached hydrogens (tertiary/aromatic N) is 1. The zero-order chi connectivity index (χ0) is 14.1. The first-order valence-electron chi connectivity index (χ1n) is 7.87. The SMILES string of the molecule is COC1(C)CCCN(C2CCC2CNC(C)(C)C)C1. The van der Waals surface area contributed by atoms with Gasteiger partial charge >= 0.3 is 0 Å². The maximum Gasteiger partial charge on any atom is 0.0777 e. The second-order valence-electron chi connectivity index (χ2n) is 7.76. The van der Waals surface area contributed by atoms with Crippen molar-refractivity contribution in [2.75, 3.05) is 26.7 Å². The Kier molecular flexibility index (Phi) is 4.59. The molecular weight excluding hydrogens is 236 g/mol. The quantitative estimate of drug-likeness (QED) is 0.848. The molecular formula is C16H32N2O. The molecule has 1 aliphatic heterocycles. The molecule has 3 atom stereocenters. The molecule has 1 heterocycles. The van der Waals surface area contributed by atoms with Gasteiger partial charge in [0.2, 0.25) is 0 Å². The topological polar surface area (TPSA) is 24.5 Å². The van der Waals surface area contributed by atoms with Crippen LogP contribution in [0.2, 0.25) is 0 Å². The molecule has 2 rings (SSSR count). The number of hydrogen-bond acceptors (Lipinski definition) is 3. The van der Waals surface area contributed by atoms with E-state index in [-0.39, 0.29) is 11.1 Å². The summed E-state index contributed by atoms with van der Waals surface area (Å²) in [6.07, 6.45) is 5.24. The lowest BCUT2D eigenvalue weighted by Crippen LogP contribution is -2.58. The number of methoxy groups -OCH3 is 1. The van der Waals surface area contributed by atoms with E-state index in [4.69, 9.17) is 4.74 Å². The highest BCUT2D eigenvalue weighted by Crippen LogP contribution is 2.36. The van der Waals surface area contributed by atoms with Gasteiger partial charge in [0.15, 0.2) is 0 Å². The van der Waals surface area contributed by atoms with Crippen LogP contribution in [0.15, 0.2) is 0 Å².